The molecule has 8 heteroatoms. The molecule has 3 rings (SSSR count). The van der Waals surface area contributed by atoms with Gasteiger partial charge in [0.1, 0.15) is 0 Å². The van der Waals surface area contributed by atoms with Gasteiger partial charge >= 0.3 is 5.69 Å². The van der Waals surface area contributed by atoms with E-state index in [0.717, 1.165) is 27.5 Å². The molecule has 0 aliphatic heterocycles. The number of nitrogens with zero attached hydrogens (tertiary/aromatic N) is 4. The van der Waals surface area contributed by atoms with E-state index in [-0.39, 0.29) is 11.2 Å². The van der Waals surface area contributed by atoms with Crippen molar-refractivity contribution in [3.8, 4) is 0 Å². The van der Waals surface area contributed by atoms with Crippen LogP contribution in [0.25, 0.3) is 11.2 Å². The van der Waals surface area contributed by atoms with Crippen LogP contribution < -0.4 is 11.2 Å². The Labute approximate surface area is 179 Å². The molecular formula is C21H27ClN4O2S. The summed E-state index contributed by atoms with van der Waals surface area (Å²) in [6.45, 7) is 2.64. The van der Waals surface area contributed by atoms with Crippen LogP contribution in [0.3, 0.4) is 0 Å². The van der Waals surface area contributed by atoms with Crippen LogP contribution in [-0.2, 0) is 20.6 Å². The molecule has 0 N–H and O–H groups in total. The molecule has 0 saturated carbocycles. The Morgan fingerprint density at radius 2 is 1.76 bits per heavy atom. The minimum Gasteiger partial charge on any atom is -0.309 e. The highest BCUT2D eigenvalue weighted by atomic mass is 35.5. The fourth-order valence-corrected chi connectivity index (χ4v) is 4.54. The third kappa shape index (κ3) is 4.61. The third-order valence-electron chi connectivity index (χ3n) is 5.08. The lowest BCUT2D eigenvalue weighted by Crippen LogP contribution is -2.37. The SMILES string of the molecule is CCCCCCCSc1nc2c(c(=O)n(C)c(=O)n2C)n1Cc1ccccc1Cl. The number of hydrogen-bond donors (Lipinski definition) is 0. The summed E-state index contributed by atoms with van der Waals surface area (Å²) in [6, 6.07) is 7.59. The van der Waals surface area contributed by atoms with E-state index in [1.54, 1.807) is 18.8 Å². The van der Waals surface area contributed by atoms with Crippen LogP contribution in [0.15, 0.2) is 39.0 Å². The number of thioether (sulfide) groups is 1. The van der Waals surface area contributed by atoms with E-state index in [4.69, 9.17) is 11.6 Å². The molecular weight excluding hydrogens is 408 g/mol. The summed E-state index contributed by atoms with van der Waals surface area (Å²) in [5.41, 5.74) is 1.05. The summed E-state index contributed by atoms with van der Waals surface area (Å²) >= 11 is 8.00. The molecule has 0 amide bonds. The van der Waals surface area contributed by atoms with Gasteiger partial charge in [-0.3, -0.25) is 13.9 Å². The highest BCUT2D eigenvalue weighted by Crippen LogP contribution is 2.26. The second-order valence-corrected chi connectivity index (χ2v) is 8.68. The average molecular weight is 435 g/mol. The fraction of sp³-hybridized carbons (Fsp3) is 0.476. The van der Waals surface area contributed by atoms with Gasteiger partial charge < -0.3 is 4.57 Å². The molecule has 0 atom stereocenters. The largest absolute Gasteiger partial charge is 0.332 e. The van der Waals surface area contributed by atoms with Gasteiger partial charge in [0.15, 0.2) is 16.3 Å². The lowest BCUT2D eigenvalue weighted by atomic mass is 10.2. The molecule has 3 aromatic rings. The Hall–Kier alpha value is -1.99. The van der Waals surface area contributed by atoms with Gasteiger partial charge in [0.2, 0.25) is 0 Å². The highest BCUT2D eigenvalue weighted by Gasteiger charge is 2.20. The molecule has 6 nitrogen and oxygen atoms in total. The Bertz CT molecular complexity index is 1120. The van der Waals surface area contributed by atoms with E-state index >= 15 is 0 Å². The summed E-state index contributed by atoms with van der Waals surface area (Å²) < 4.78 is 4.46. The molecule has 0 bridgehead atoms. The predicted molar refractivity (Wildman–Crippen MR) is 120 cm³/mol. The molecule has 156 valence electrons. The van der Waals surface area contributed by atoms with Crippen molar-refractivity contribution in [2.75, 3.05) is 5.75 Å². The van der Waals surface area contributed by atoms with Crippen molar-refractivity contribution in [1.29, 1.82) is 0 Å². The Balaban J connectivity index is 2.01. The lowest BCUT2D eigenvalue weighted by molar-refractivity contribution is 0.658. The number of rotatable bonds is 9. The maximum absolute atomic E-state index is 12.9. The van der Waals surface area contributed by atoms with Gasteiger partial charge in [-0.1, -0.05) is 74.2 Å². The fourth-order valence-electron chi connectivity index (χ4n) is 3.35. The van der Waals surface area contributed by atoms with Gasteiger partial charge in [0.05, 0.1) is 6.54 Å². The molecule has 2 heterocycles. The van der Waals surface area contributed by atoms with Crippen LogP contribution in [-0.4, -0.2) is 24.4 Å². The second kappa shape index (κ2) is 9.67. The Morgan fingerprint density at radius 3 is 2.48 bits per heavy atom. The molecule has 0 aliphatic rings. The van der Waals surface area contributed by atoms with Crippen molar-refractivity contribution >= 4 is 34.5 Å². The molecule has 0 saturated heterocycles. The second-order valence-electron chi connectivity index (χ2n) is 7.21. The predicted octanol–water partition coefficient (Wildman–Crippen LogP) is 4.20. The molecule has 2 aromatic heterocycles. The monoisotopic (exact) mass is 434 g/mol. The van der Waals surface area contributed by atoms with Crippen molar-refractivity contribution in [2.45, 2.75) is 50.7 Å². The van der Waals surface area contributed by atoms with Gasteiger partial charge in [-0.15, -0.1) is 0 Å². The van der Waals surface area contributed by atoms with Gasteiger partial charge in [-0.05, 0) is 18.1 Å². The first-order valence-electron chi connectivity index (χ1n) is 9.98. The van der Waals surface area contributed by atoms with Gasteiger partial charge in [0, 0.05) is 24.9 Å². The number of imidazole rings is 1. The molecule has 29 heavy (non-hydrogen) atoms. The maximum atomic E-state index is 12.9. The van der Waals surface area contributed by atoms with E-state index in [9.17, 15) is 9.59 Å². The number of unbranched alkanes of at least 4 members (excludes halogenated alkanes) is 4. The van der Waals surface area contributed by atoms with E-state index in [1.807, 2.05) is 28.8 Å². The first-order valence-corrected chi connectivity index (χ1v) is 11.3. The standard InChI is InChI=1S/C21H27ClN4O2S/c1-4-5-6-7-10-13-29-20-23-18-17(19(27)25(3)21(28)24(18)2)26(20)14-15-11-8-9-12-16(15)22/h8-9,11-12H,4-7,10,13-14H2,1-3H3. The van der Waals surface area contributed by atoms with Crippen LogP contribution >= 0.6 is 23.4 Å². The van der Waals surface area contributed by atoms with Crippen LogP contribution in [0.4, 0.5) is 0 Å². The molecule has 0 unspecified atom stereocenters. The zero-order valence-electron chi connectivity index (χ0n) is 17.2. The highest BCUT2D eigenvalue weighted by molar-refractivity contribution is 7.99. The number of hydrogen-bond acceptors (Lipinski definition) is 4. The lowest BCUT2D eigenvalue weighted by Gasteiger charge is -2.11. The van der Waals surface area contributed by atoms with Crippen molar-refractivity contribution in [3.05, 3.63) is 55.7 Å². The first kappa shape index (κ1) is 21.7. The van der Waals surface area contributed by atoms with E-state index in [1.165, 1.54) is 37.3 Å². The number of fused-ring (bicyclic) bond motifs is 1. The maximum Gasteiger partial charge on any atom is 0.332 e. The van der Waals surface area contributed by atoms with Crippen LogP contribution in [0.2, 0.25) is 5.02 Å². The van der Waals surface area contributed by atoms with Crippen LogP contribution in [0.5, 0.6) is 0 Å². The first-order chi connectivity index (χ1) is 14.0. The Kier molecular flexibility index (Phi) is 7.24. The van der Waals surface area contributed by atoms with Crippen molar-refractivity contribution in [3.63, 3.8) is 0 Å². The number of benzene rings is 1. The number of aryl methyl sites for hydroxylation is 1. The molecule has 0 aliphatic carbocycles. The smallest absolute Gasteiger partial charge is 0.309 e. The van der Waals surface area contributed by atoms with Crippen molar-refractivity contribution in [1.82, 2.24) is 18.7 Å². The molecule has 0 spiro atoms. The normalized spacial score (nSPS) is 11.4. The summed E-state index contributed by atoms with van der Waals surface area (Å²) in [5, 5.41) is 1.39. The van der Waals surface area contributed by atoms with Gasteiger partial charge in [-0.2, -0.15) is 0 Å². The topological polar surface area (TPSA) is 61.8 Å². The molecule has 1 aromatic carbocycles. The van der Waals surface area contributed by atoms with E-state index in [2.05, 4.69) is 11.9 Å². The number of halogens is 1. The third-order valence-corrected chi connectivity index (χ3v) is 6.51. The summed E-state index contributed by atoms with van der Waals surface area (Å²) in [6.07, 6.45) is 6.00. The summed E-state index contributed by atoms with van der Waals surface area (Å²) in [7, 11) is 3.15. The van der Waals surface area contributed by atoms with Gasteiger partial charge in [-0.25, -0.2) is 9.78 Å². The van der Waals surface area contributed by atoms with Crippen LogP contribution in [0, 0.1) is 0 Å². The zero-order valence-corrected chi connectivity index (χ0v) is 18.7. The average Bonchev–Trinajstić information content (AvgIpc) is 3.07. The van der Waals surface area contributed by atoms with E-state index in [0.29, 0.717) is 22.7 Å². The van der Waals surface area contributed by atoms with Crippen molar-refractivity contribution < 1.29 is 0 Å². The minimum absolute atomic E-state index is 0.336. The summed E-state index contributed by atoms with van der Waals surface area (Å²) in [4.78, 5) is 29.9. The van der Waals surface area contributed by atoms with Crippen LogP contribution in [0.1, 0.15) is 44.6 Å². The minimum atomic E-state index is -0.374. The quantitative estimate of drug-likeness (QED) is 0.374. The summed E-state index contributed by atoms with van der Waals surface area (Å²) in [5.74, 6) is 0.920. The van der Waals surface area contributed by atoms with Crippen molar-refractivity contribution in [2.24, 2.45) is 14.1 Å². The van der Waals surface area contributed by atoms with Gasteiger partial charge in [0.25, 0.3) is 5.56 Å². The number of aromatic nitrogens is 4. The van der Waals surface area contributed by atoms with E-state index < -0.39 is 0 Å². The molecule has 0 fully saturated rings. The Morgan fingerprint density at radius 1 is 1.03 bits per heavy atom. The zero-order chi connectivity index (χ0) is 21.0. The molecule has 0 radical (unpaired) electrons.